The lowest BCUT2D eigenvalue weighted by atomic mass is 10.00. The molecule has 7 nitrogen and oxygen atoms in total. The van der Waals surface area contributed by atoms with Crippen molar-refractivity contribution in [3.8, 4) is 0 Å². The van der Waals surface area contributed by atoms with E-state index in [0.717, 1.165) is 24.1 Å². The molecule has 1 aliphatic rings. The third kappa shape index (κ3) is 5.06. The zero-order chi connectivity index (χ0) is 23.4. The fraction of sp³-hybridized carbons (Fsp3) is 0.200. The number of nitrogens with one attached hydrogen (secondary N) is 2. The monoisotopic (exact) mass is 463 g/mol. The van der Waals surface area contributed by atoms with Crippen LogP contribution in [0.2, 0.25) is 0 Å². The molecule has 3 aromatic rings. The first-order valence-corrected chi connectivity index (χ1v) is 12.3. The molecule has 1 aliphatic heterocycles. The topological polar surface area (TPSA) is 95.6 Å². The molecule has 0 spiro atoms. The molecule has 2 amide bonds. The number of carbonyl (C=O) groups is 2. The zero-order valence-corrected chi connectivity index (χ0v) is 19.1. The number of anilines is 3. The van der Waals surface area contributed by atoms with E-state index in [4.69, 9.17) is 0 Å². The van der Waals surface area contributed by atoms with Gasteiger partial charge in [-0.25, -0.2) is 8.42 Å². The Balaban J connectivity index is 1.53. The van der Waals surface area contributed by atoms with Gasteiger partial charge in [0.25, 0.3) is 15.9 Å². The van der Waals surface area contributed by atoms with E-state index < -0.39 is 10.0 Å². The van der Waals surface area contributed by atoms with Gasteiger partial charge >= 0.3 is 0 Å². The second kappa shape index (κ2) is 9.46. The summed E-state index contributed by atoms with van der Waals surface area (Å²) in [5.74, 6) is -0.210. The molecule has 0 saturated heterocycles. The van der Waals surface area contributed by atoms with Gasteiger partial charge in [0.1, 0.15) is 0 Å². The van der Waals surface area contributed by atoms with Crippen LogP contribution in [0.4, 0.5) is 17.1 Å². The summed E-state index contributed by atoms with van der Waals surface area (Å²) in [5.41, 5.74) is 3.31. The summed E-state index contributed by atoms with van der Waals surface area (Å²) in [4.78, 5) is 26.3. The van der Waals surface area contributed by atoms with E-state index in [0.29, 0.717) is 29.9 Å². The Morgan fingerprint density at radius 2 is 1.64 bits per heavy atom. The number of benzene rings is 3. The molecule has 8 heteroatoms. The van der Waals surface area contributed by atoms with Crippen molar-refractivity contribution in [1.82, 2.24) is 0 Å². The van der Waals surface area contributed by atoms with Crippen molar-refractivity contribution < 1.29 is 18.0 Å². The van der Waals surface area contributed by atoms with Crippen LogP contribution in [0.25, 0.3) is 0 Å². The van der Waals surface area contributed by atoms with Crippen LogP contribution >= 0.6 is 0 Å². The Bertz CT molecular complexity index is 1270. The maximum absolute atomic E-state index is 13.0. The maximum atomic E-state index is 13.0. The summed E-state index contributed by atoms with van der Waals surface area (Å²) in [5, 5.41) is 2.69. The summed E-state index contributed by atoms with van der Waals surface area (Å²) < 4.78 is 28.3. The van der Waals surface area contributed by atoms with Gasteiger partial charge in [-0.2, -0.15) is 0 Å². The van der Waals surface area contributed by atoms with Crippen molar-refractivity contribution in [2.75, 3.05) is 21.5 Å². The predicted octanol–water partition coefficient (Wildman–Crippen LogP) is 4.43. The van der Waals surface area contributed by atoms with Gasteiger partial charge in [-0.15, -0.1) is 0 Å². The molecular formula is C25H25N3O4S. The highest BCUT2D eigenvalue weighted by Crippen LogP contribution is 2.31. The minimum absolute atomic E-state index is 0.0693. The molecule has 170 valence electrons. The average Bonchev–Trinajstić information content (AvgIpc) is 2.83. The van der Waals surface area contributed by atoms with Gasteiger partial charge in [0.05, 0.1) is 4.90 Å². The van der Waals surface area contributed by atoms with Crippen molar-refractivity contribution in [2.45, 2.75) is 31.1 Å². The normalized spacial score (nSPS) is 13.2. The van der Waals surface area contributed by atoms with Crippen molar-refractivity contribution in [3.05, 3.63) is 83.9 Å². The van der Waals surface area contributed by atoms with E-state index in [9.17, 15) is 18.0 Å². The second-order valence-electron chi connectivity index (χ2n) is 7.80. The molecule has 1 heterocycles. The minimum Gasteiger partial charge on any atom is -0.326 e. The molecule has 4 rings (SSSR count). The number of sulfonamides is 1. The Labute approximate surface area is 193 Å². The zero-order valence-electron chi connectivity index (χ0n) is 18.2. The number of amides is 2. The van der Waals surface area contributed by atoms with Crippen molar-refractivity contribution in [2.24, 2.45) is 0 Å². The quantitative estimate of drug-likeness (QED) is 0.565. The van der Waals surface area contributed by atoms with Crippen LogP contribution in [0.3, 0.4) is 0 Å². The Kier molecular flexibility index (Phi) is 6.46. The number of fused-ring (bicyclic) bond motifs is 1. The predicted molar refractivity (Wildman–Crippen MR) is 129 cm³/mol. The lowest BCUT2D eigenvalue weighted by Gasteiger charge is -2.30. The molecule has 33 heavy (non-hydrogen) atoms. The van der Waals surface area contributed by atoms with Gasteiger partial charge in [0, 0.05) is 35.6 Å². The number of aryl methyl sites for hydroxylation is 1. The van der Waals surface area contributed by atoms with Crippen LogP contribution in [0.1, 0.15) is 35.7 Å². The van der Waals surface area contributed by atoms with Crippen molar-refractivity contribution in [3.63, 3.8) is 0 Å². The standard InChI is InChI=1S/C25H25N3O4S/c1-2-24(29)26-20-10-13-22(14-11-20)33(31,32)27-21-12-15-23-19(17-21)9-6-16-28(23)25(30)18-7-4-3-5-8-18/h3-5,7-8,10-15,17,27H,2,6,9,16H2,1H3,(H,26,29). The second-order valence-corrected chi connectivity index (χ2v) is 9.48. The molecule has 3 aromatic carbocycles. The minimum atomic E-state index is -3.81. The molecule has 0 bridgehead atoms. The van der Waals surface area contributed by atoms with E-state index in [2.05, 4.69) is 10.0 Å². The molecular weight excluding hydrogens is 438 g/mol. The van der Waals surface area contributed by atoms with Gasteiger partial charge < -0.3 is 10.2 Å². The Morgan fingerprint density at radius 1 is 0.939 bits per heavy atom. The van der Waals surface area contributed by atoms with Crippen LogP contribution < -0.4 is 14.9 Å². The lowest BCUT2D eigenvalue weighted by molar-refractivity contribution is -0.115. The summed E-state index contributed by atoms with van der Waals surface area (Å²) in [7, 11) is -3.81. The molecule has 0 fully saturated rings. The summed E-state index contributed by atoms with van der Waals surface area (Å²) in [6.45, 7) is 2.36. The fourth-order valence-corrected chi connectivity index (χ4v) is 4.84. The first kappa shape index (κ1) is 22.5. The summed E-state index contributed by atoms with van der Waals surface area (Å²) >= 11 is 0. The number of carbonyl (C=O) groups excluding carboxylic acids is 2. The average molecular weight is 464 g/mol. The maximum Gasteiger partial charge on any atom is 0.261 e. The van der Waals surface area contributed by atoms with Crippen LogP contribution in [0.5, 0.6) is 0 Å². The molecule has 0 aromatic heterocycles. The van der Waals surface area contributed by atoms with E-state index in [1.54, 1.807) is 54.3 Å². The Hall–Kier alpha value is -3.65. The molecule has 0 aliphatic carbocycles. The summed E-state index contributed by atoms with van der Waals surface area (Å²) in [6.07, 6.45) is 1.90. The van der Waals surface area contributed by atoms with E-state index in [1.165, 1.54) is 12.1 Å². The van der Waals surface area contributed by atoms with Gasteiger partial charge in [0.15, 0.2) is 0 Å². The third-order valence-corrected chi connectivity index (χ3v) is 6.88. The molecule has 0 atom stereocenters. The van der Waals surface area contributed by atoms with Gasteiger partial charge in [-0.3, -0.25) is 14.3 Å². The molecule has 0 saturated carbocycles. The largest absolute Gasteiger partial charge is 0.326 e. The molecule has 0 unspecified atom stereocenters. The highest BCUT2D eigenvalue weighted by Gasteiger charge is 2.24. The fourth-order valence-electron chi connectivity index (χ4n) is 3.79. The number of hydrogen-bond donors (Lipinski definition) is 2. The van der Waals surface area contributed by atoms with Crippen LogP contribution in [0, 0.1) is 0 Å². The summed E-state index contributed by atoms with van der Waals surface area (Å²) in [6, 6.07) is 20.4. The van der Waals surface area contributed by atoms with Crippen molar-refractivity contribution >= 4 is 38.9 Å². The highest BCUT2D eigenvalue weighted by molar-refractivity contribution is 7.92. The number of rotatable bonds is 6. The number of hydrogen-bond acceptors (Lipinski definition) is 4. The van der Waals surface area contributed by atoms with Crippen LogP contribution in [-0.2, 0) is 21.2 Å². The molecule has 0 radical (unpaired) electrons. The first-order chi connectivity index (χ1) is 15.9. The third-order valence-electron chi connectivity index (χ3n) is 5.49. The van der Waals surface area contributed by atoms with Gasteiger partial charge in [0.2, 0.25) is 5.91 Å². The van der Waals surface area contributed by atoms with E-state index in [1.807, 2.05) is 18.2 Å². The lowest BCUT2D eigenvalue weighted by Crippen LogP contribution is -2.35. The van der Waals surface area contributed by atoms with Crippen LogP contribution in [0.15, 0.2) is 77.7 Å². The van der Waals surface area contributed by atoms with Gasteiger partial charge in [-0.05, 0) is 73.0 Å². The SMILES string of the molecule is CCC(=O)Nc1ccc(S(=O)(=O)Nc2ccc3c(c2)CCCN3C(=O)c2ccccc2)cc1. The highest BCUT2D eigenvalue weighted by atomic mass is 32.2. The first-order valence-electron chi connectivity index (χ1n) is 10.8. The van der Waals surface area contributed by atoms with Gasteiger partial charge in [-0.1, -0.05) is 25.1 Å². The number of nitrogens with zero attached hydrogens (tertiary/aromatic N) is 1. The molecule has 2 N–H and O–H groups in total. The van der Waals surface area contributed by atoms with E-state index in [-0.39, 0.29) is 16.7 Å². The Morgan fingerprint density at radius 3 is 2.33 bits per heavy atom. The van der Waals surface area contributed by atoms with Crippen LogP contribution in [-0.4, -0.2) is 26.8 Å². The smallest absolute Gasteiger partial charge is 0.261 e. The van der Waals surface area contributed by atoms with Crippen molar-refractivity contribution in [1.29, 1.82) is 0 Å². The van der Waals surface area contributed by atoms with E-state index >= 15 is 0 Å².